The van der Waals surface area contributed by atoms with Crippen molar-refractivity contribution in [3.63, 3.8) is 0 Å². The first kappa shape index (κ1) is 32.3. The van der Waals surface area contributed by atoms with Crippen LogP contribution in [0.2, 0.25) is 0 Å². The van der Waals surface area contributed by atoms with E-state index >= 15 is 0 Å². The van der Waals surface area contributed by atoms with Crippen LogP contribution in [-0.4, -0.2) is 29.1 Å². The number of rotatable bonds is 5. The number of hydrogen-bond acceptors (Lipinski definition) is 4. The highest BCUT2D eigenvalue weighted by atomic mass is 15.1. The number of nitrogens with zero attached hydrogens (tertiary/aromatic N) is 6. The summed E-state index contributed by atoms with van der Waals surface area (Å²) in [4.78, 5) is 20.4. The molecule has 0 aliphatic heterocycles. The number of aromatic nitrogens is 6. The van der Waals surface area contributed by atoms with E-state index in [0.29, 0.717) is 17.5 Å². The number of fused-ring (bicyclic) bond motifs is 8. The van der Waals surface area contributed by atoms with Crippen molar-refractivity contribution in [2.24, 2.45) is 0 Å². The van der Waals surface area contributed by atoms with Crippen LogP contribution in [0, 0.1) is 0 Å². The standard InChI is InChI=1S/C52H32N6/c1-2-15-40(16-3-1)57-47-27-24-39(31-45(47)43-26-25-41(32-48(43)57)58-46-19-9-8-17-42(46)44-18-10-28-53-52(44)58)51-55-49(37-22-20-33-11-4-6-13-35(33)29-37)54-50(56-51)38-23-21-34-12-5-7-14-36(34)30-38/h1-32H. The van der Waals surface area contributed by atoms with Gasteiger partial charge < -0.3 is 4.57 Å². The molecule has 12 aromatic rings. The van der Waals surface area contributed by atoms with Gasteiger partial charge in [0, 0.05) is 55.8 Å². The summed E-state index contributed by atoms with van der Waals surface area (Å²) in [6.45, 7) is 0. The molecule has 0 amide bonds. The summed E-state index contributed by atoms with van der Waals surface area (Å²) in [5, 5.41) is 9.19. The maximum absolute atomic E-state index is 5.19. The highest BCUT2D eigenvalue weighted by molar-refractivity contribution is 6.12. The largest absolute Gasteiger partial charge is 0.309 e. The quantitative estimate of drug-likeness (QED) is 0.176. The van der Waals surface area contributed by atoms with Gasteiger partial charge in [0.2, 0.25) is 0 Å². The third-order valence-corrected chi connectivity index (χ3v) is 11.4. The molecule has 4 aromatic heterocycles. The van der Waals surface area contributed by atoms with Crippen LogP contribution in [0.15, 0.2) is 194 Å². The van der Waals surface area contributed by atoms with Gasteiger partial charge in [0.05, 0.1) is 16.6 Å². The average molecular weight is 741 g/mol. The molecule has 0 bridgehead atoms. The Balaban J connectivity index is 1.08. The summed E-state index contributed by atoms with van der Waals surface area (Å²) in [7, 11) is 0. The van der Waals surface area contributed by atoms with Crippen molar-refractivity contribution in [3.8, 4) is 45.5 Å². The Labute approximate surface area is 333 Å². The van der Waals surface area contributed by atoms with Crippen molar-refractivity contribution in [2.45, 2.75) is 0 Å². The SMILES string of the molecule is c1ccc(-n2c3ccc(-c4nc(-c5ccc6ccccc6c5)nc(-c5ccc6ccccc6c5)n4)cc3c3ccc(-n4c5ccccc5c5cccnc54)cc32)cc1. The van der Waals surface area contributed by atoms with Crippen molar-refractivity contribution < 1.29 is 0 Å². The number of pyridine rings is 1. The molecule has 0 atom stereocenters. The summed E-state index contributed by atoms with van der Waals surface area (Å²) >= 11 is 0. The number of hydrogen-bond donors (Lipinski definition) is 0. The molecule has 58 heavy (non-hydrogen) atoms. The molecular weight excluding hydrogens is 709 g/mol. The minimum atomic E-state index is 0.622. The maximum Gasteiger partial charge on any atom is 0.164 e. The van der Waals surface area contributed by atoms with Gasteiger partial charge in [-0.3, -0.25) is 4.57 Å². The van der Waals surface area contributed by atoms with Gasteiger partial charge in [-0.2, -0.15) is 0 Å². The van der Waals surface area contributed by atoms with Gasteiger partial charge in [-0.1, -0.05) is 115 Å². The fourth-order valence-corrected chi connectivity index (χ4v) is 8.62. The van der Waals surface area contributed by atoms with Crippen LogP contribution in [-0.2, 0) is 0 Å². The molecule has 0 aliphatic carbocycles. The average Bonchev–Trinajstić information content (AvgIpc) is 3.81. The Kier molecular flexibility index (Phi) is 7.13. The van der Waals surface area contributed by atoms with Crippen molar-refractivity contribution in [1.82, 2.24) is 29.1 Å². The van der Waals surface area contributed by atoms with Gasteiger partial charge in [-0.05, 0) is 94.3 Å². The van der Waals surface area contributed by atoms with Crippen LogP contribution >= 0.6 is 0 Å². The Morgan fingerprint density at radius 2 is 0.862 bits per heavy atom. The molecular formula is C52H32N6. The highest BCUT2D eigenvalue weighted by Gasteiger charge is 2.19. The molecule has 0 aliphatic rings. The predicted octanol–water partition coefficient (Wildman–Crippen LogP) is 12.8. The summed E-state index contributed by atoms with van der Waals surface area (Å²) in [5.41, 5.74) is 9.20. The minimum absolute atomic E-state index is 0.622. The van der Waals surface area contributed by atoms with Crippen molar-refractivity contribution in [1.29, 1.82) is 0 Å². The molecule has 270 valence electrons. The van der Waals surface area contributed by atoms with Crippen LogP contribution in [0.25, 0.3) is 111 Å². The second-order valence-corrected chi connectivity index (χ2v) is 14.8. The minimum Gasteiger partial charge on any atom is -0.309 e. The molecule has 0 unspecified atom stereocenters. The van der Waals surface area contributed by atoms with Crippen LogP contribution in [0.5, 0.6) is 0 Å². The zero-order valence-corrected chi connectivity index (χ0v) is 31.2. The molecule has 0 saturated heterocycles. The Morgan fingerprint density at radius 3 is 1.57 bits per heavy atom. The summed E-state index contributed by atoms with van der Waals surface area (Å²) in [6, 6.07) is 66.2. The van der Waals surface area contributed by atoms with Gasteiger partial charge >= 0.3 is 0 Å². The van der Waals surface area contributed by atoms with Gasteiger partial charge in [0.15, 0.2) is 17.5 Å². The van der Waals surface area contributed by atoms with E-state index in [1.165, 1.54) is 16.2 Å². The lowest BCUT2D eigenvalue weighted by atomic mass is 10.1. The normalized spacial score (nSPS) is 11.8. The third-order valence-electron chi connectivity index (χ3n) is 11.4. The first-order chi connectivity index (χ1) is 28.7. The zero-order valence-electron chi connectivity index (χ0n) is 31.2. The lowest BCUT2D eigenvalue weighted by Crippen LogP contribution is -2.00. The number of para-hydroxylation sites is 2. The molecule has 0 fully saturated rings. The number of benzene rings is 8. The Bertz CT molecular complexity index is 3430. The highest BCUT2D eigenvalue weighted by Crippen LogP contribution is 2.38. The van der Waals surface area contributed by atoms with Gasteiger partial charge in [-0.15, -0.1) is 0 Å². The summed E-state index contributed by atoms with van der Waals surface area (Å²) in [5.74, 6) is 1.89. The molecule has 0 saturated carbocycles. The Hall–Kier alpha value is -7.96. The molecule has 0 radical (unpaired) electrons. The topological polar surface area (TPSA) is 61.4 Å². The van der Waals surface area contributed by atoms with E-state index in [-0.39, 0.29) is 0 Å². The van der Waals surface area contributed by atoms with Crippen molar-refractivity contribution in [3.05, 3.63) is 194 Å². The third kappa shape index (κ3) is 5.12. The molecule has 12 rings (SSSR count). The fourth-order valence-electron chi connectivity index (χ4n) is 8.62. The van der Waals surface area contributed by atoms with Crippen LogP contribution < -0.4 is 0 Å². The lowest BCUT2D eigenvalue weighted by Gasteiger charge is -2.11. The van der Waals surface area contributed by atoms with E-state index in [1.807, 2.05) is 12.3 Å². The second-order valence-electron chi connectivity index (χ2n) is 14.8. The van der Waals surface area contributed by atoms with Crippen molar-refractivity contribution in [2.75, 3.05) is 0 Å². The zero-order chi connectivity index (χ0) is 38.2. The predicted molar refractivity (Wildman–Crippen MR) is 238 cm³/mol. The molecule has 6 nitrogen and oxygen atoms in total. The monoisotopic (exact) mass is 740 g/mol. The van der Waals surface area contributed by atoms with Crippen LogP contribution in [0.1, 0.15) is 0 Å². The smallest absolute Gasteiger partial charge is 0.164 e. The van der Waals surface area contributed by atoms with Gasteiger partial charge in [0.1, 0.15) is 5.65 Å². The Morgan fingerprint density at radius 1 is 0.310 bits per heavy atom. The van der Waals surface area contributed by atoms with Gasteiger partial charge in [-0.25, -0.2) is 19.9 Å². The van der Waals surface area contributed by atoms with E-state index in [4.69, 9.17) is 19.9 Å². The van der Waals surface area contributed by atoms with E-state index in [2.05, 4.69) is 191 Å². The molecule has 0 spiro atoms. The van der Waals surface area contributed by atoms with E-state index in [9.17, 15) is 0 Å². The lowest BCUT2D eigenvalue weighted by molar-refractivity contribution is 1.08. The molecule has 8 aromatic carbocycles. The van der Waals surface area contributed by atoms with Crippen molar-refractivity contribution >= 4 is 65.3 Å². The second kappa shape index (κ2) is 12.8. The summed E-state index contributed by atoms with van der Waals surface area (Å²) < 4.78 is 4.63. The van der Waals surface area contributed by atoms with Crippen LogP contribution in [0.3, 0.4) is 0 Å². The maximum atomic E-state index is 5.19. The van der Waals surface area contributed by atoms with Gasteiger partial charge in [0.25, 0.3) is 0 Å². The first-order valence-corrected chi connectivity index (χ1v) is 19.5. The van der Waals surface area contributed by atoms with Crippen LogP contribution in [0.4, 0.5) is 0 Å². The van der Waals surface area contributed by atoms with E-state index in [0.717, 1.165) is 77.2 Å². The fraction of sp³-hybridized carbons (Fsp3) is 0. The van der Waals surface area contributed by atoms with E-state index in [1.54, 1.807) is 0 Å². The molecule has 0 N–H and O–H groups in total. The molecule has 6 heteroatoms. The molecule has 4 heterocycles. The summed E-state index contributed by atoms with van der Waals surface area (Å²) in [6.07, 6.45) is 1.87. The van der Waals surface area contributed by atoms with E-state index < -0.39 is 0 Å². The first-order valence-electron chi connectivity index (χ1n) is 19.5.